The second-order valence-corrected chi connectivity index (χ2v) is 4.87. The topological polar surface area (TPSA) is 66.8 Å². The molecule has 0 saturated heterocycles. The summed E-state index contributed by atoms with van der Waals surface area (Å²) in [6, 6.07) is 3.60. The van der Waals surface area contributed by atoms with Gasteiger partial charge < -0.3 is 9.84 Å². The molecule has 1 amide bonds. The smallest absolute Gasteiger partial charge is 0.471 e. The molecule has 0 fully saturated rings. The molecule has 5 nitrogen and oxygen atoms in total. The van der Waals surface area contributed by atoms with Crippen LogP contribution in [0.5, 0.6) is 5.75 Å². The first-order valence-corrected chi connectivity index (χ1v) is 6.99. The summed E-state index contributed by atoms with van der Waals surface area (Å²) in [5.74, 6) is -3.30. The number of amides is 1. The second kappa shape index (κ2) is 7.85. The maximum absolute atomic E-state index is 12.9. The van der Waals surface area contributed by atoms with Crippen LogP contribution in [-0.4, -0.2) is 36.3 Å². The molecule has 1 aromatic rings. The maximum atomic E-state index is 12.9. The zero-order valence-electron chi connectivity index (χ0n) is 12.8. The van der Waals surface area contributed by atoms with Gasteiger partial charge in [0.25, 0.3) is 0 Å². The lowest BCUT2D eigenvalue weighted by atomic mass is 10.1. The summed E-state index contributed by atoms with van der Waals surface area (Å²) in [6.45, 7) is 1.78. The molecule has 0 aromatic heterocycles. The minimum Gasteiger partial charge on any atom is -0.497 e. The molecule has 0 unspecified atom stereocenters. The number of benzene rings is 1. The minimum absolute atomic E-state index is 0.0698. The molecule has 0 aliphatic heterocycles. The zero-order chi connectivity index (χ0) is 17.6. The lowest BCUT2D eigenvalue weighted by Crippen LogP contribution is -2.50. The summed E-state index contributed by atoms with van der Waals surface area (Å²) < 4.78 is 43.5. The summed E-state index contributed by atoms with van der Waals surface area (Å²) in [4.78, 5) is 23.4. The van der Waals surface area contributed by atoms with E-state index in [0.29, 0.717) is 18.6 Å². The summed E-state index contributed by atoms with van der Waals surface area (Å²) in [7, 11) is 1.38. The van der Waals surface area contributed by atoms with E-state index in [4.69, 9.17) is 4.74 Å². The average Bonchev–Trinajstić information content (AvgIpc) is 2.50. The van der Waals surface area contributed by atoms with E-state index in [9.17, 15) is 27.9 Å². The Labute approximate surface area is 131 Å². The third-order valence-electron chi connectivity index (χ3n) is 3.24. The monoisotopic (exact) mass is 333 g/mol. The van der Waals surface area contributed by atoms with Crippen molar-refractivity contribution < 1.29 is 32.6 Å². The summed E-state index contributed by atoms with van der Waals surface area (Å²) in [5.41, 5.74) is -0.142. The molecule has 1 rings (SSSR count). The van der Waals surface area contributed by atoms with Gasteiger partial charge in [-0.05, 0) is 30.7 Å². The lowest BCUT2D eigenvalue weighted by Gasteiger charge is -2.29. The highest BCUT2D eigenvalue weighted by atomic mass is 19.4. The molecule has 0 spiro atoms. The Morgan fingerprint density at radius 3 is 2.22 bits per heavy atom. The molecule has 0 heterocycles. The standard InChI is InChI=1S/C15H18F3NO4/c1-3-4-5-12(13(20)21)19(14(22)15(16,17)18)10-6-8-11(23-2)9-7-10/h6-9,12H,3-5H2,1-2H3,(H,20,21)/t12-/m1/s1. The molecular weight excluding hydrogens is 315 g/mol. The van der Waals surface area contributed by atoms with Gasteiger partial charge in [0.15, 0.2) is 0 Å². The highest BCUT2D eigenvalue weighted by Crippen LogP contribution is 2.29. The van der Waals surface area contributed by atoms with Crippen molar-refractivity contribution in [2.75, 3.05) is 12.0 Å². The van der Waals surface area contributed by atoms with Gasteiger partial charge in [0.1, 0.15) is 11.8 Å². The van der Waals surface area contributed by atoms with E-state index in [1.54, 1.807) is 6.92 Å². The third-order valence-corrected chi connectivity index (χ3v) is 3.24. The summed E-state index contributed by atoms with van der Waals surface area (Å²) in [5, 5.41) is 9.26. The van der Waals surface area contributed by atoms with Crippen molar-refractivity contribution in [1.29, 1.82) is 0 Å². The molecule has 0 bridgehead atoms. The van der Waals surface area contributed by atoms with Crippen LogP contribution < -0.4 is 9.64 Å². The van der Waals surface area contributed by atoms with Crippen molar-refractivity contribution in [3.05, 3.63) is 24.3 Å². The minimum atomic E-state index is -5.17. The van der Waals surface area contributed by atoms with Gasteiger partial charge in [-0.15, -0.1) is 0 Å². The number of alkyl halides is 3. The number of hydrogen-bond donors (Lipinski definition) is 1. The van der Waals surface area contributed by atoms with Gasteiger partial charge in [-0.25, -0.2) is 4.79 Å². The average molecular weight is 333 g/mol. The van der Waals surface area contributed by atoms with Crippen LogP contribution in [-0.2, 0) is 9.59 Å². The molecule has 0 aliphatic carbocycles. The number of nitrogens with zero attached hydrogens (tertiary/aromatic N) is 1. The number of halogens is 3. The number of rotatable bonds is 7. The number of methoxy groups -OCH3 is 1. The zero-order valence-corrected chi connectivity index (χ0v) is 12.8. The number of anilines is 1. The number of hydrogen-bond acceptors (Lipinski definition) is 3. The Morgan fingerprint density at radius 1 is 1.26 bits per heavy atom. The van der Waals surface area contributed by atoms with Crippen LogP contribution in [0.3, 0.4) is 0 Å². The van der Waals surface area contributed by atoms with Crippen LogP contribution in [0.1, 0.15) is 26.2 Å². The van der Waals surface area contributed by atoms with Crippen LogP contribution in [0.2, 0.25) is 0 Å². The number of aliphatic carboxylic acids is 1. The third kappa shape index (κ3) is 4.87. The molecule has 0 radical (unpaired) electrons. The molecule has 1 atom stereocenters. The van der Waals surface area contributed by atoms with E-state index < -0.39 is 24.1 Å². The molecule has 0 aliphatic rings. The van der Waals surface area contributed by atoms with Gasteiger partial charge in [-0.2, -0.15) is 13.2 Å². The van der Waals surface area contributed by atoms with Crippen LogP contribution in [0, 0.1) is 0 Å². The molecule has 8 heteroatoms. The fourth-order valence-electron chi connectivity index (χ4n) is 2.08. The Morgan fingerprint density at radius 2 is 1.83 bits per heavy atom. The van der Waals surface area contributed by atoms with Gasteiger partial charge in [-0.1, -0.05) is 19.8 Å². The Bertz CT molecular complexity index is 543. The fraction of sp³-hybridized carbons (Fsp3) is 0.467. The Balaban J connectivity index is 3.28. The van der Waals surface area contributed by atoms with Crippen molar-refractivity contribution >= 4 is 17.6 Å². The van der Waals surface area contributed by atoms with E-state index >= 15 is 0 Å². The van der Waals surface area contributed by atoms with E-state index in [1.165, 1.54) is 31.4 Å². The number of carbonyl (C=O) groups excluding carboxylic acids is 1. The van der Waals surface area contributed by atoms with E-state index in [1.807, 2.05) is 0 Å². The first kappa shape index (κ1) is 18.8. The first-order valence-electron chi connectivity index (χ1n) is 6.99. The normalized spacial score (nSPS) is 12.6. The number of carbonyl (C=O) groups is 2. The predicted molar refractivity (Wildman–Crippen MR) is 77.5 cm³/mol. The van der Waals surface area contributed by atoms with Crippen molar-refractivity contribution in [3.63, 3.8) is 0 Å². The van der Waals surface area contributed by atoms with Crippen LogP contribution in [0.4, 0.5) is 18.9 Å². The largest absolute Gasteiger partial charge is 0.497 e. The fourth-order valence-corrected chi connectivity index (χ4v) is 2.08. The maximum Gasteiger partial charge on any atom is 0.471 e. The lowest BCUT2D eigenvalue weighted by molar-refractivity contribution is -0.171. The highest BCUT2D eigenvalue weighted by Gasteiger charge is 2.46. The number of unbranched alkanes of at least 4 members (excludes halogenated alkanes) is 1. The molecule has 1 N–H and O–H groups in total. The predicted octanol–water partition coefficient (Wildman–Crippen LogP) is 3.23. The molecule has 23 heavy (non-hydrogen) atoms. The summed E-state index contributed by atoms with van der Waals surface area (Å²) >= 11 is 0. The number of carboxylic acids is 1. The quantitative estimate of drug-likeness (QED) is 0.832. The van der Waals surface area contributed by atoms with Crippen LogP contribution in [0.15, 0.2) is 24.3 Å². The van der Waals surface area contributed by atoms with Crippen molar-refractivity contribution in [2.24, 2.45) is 0 Å². The van der Waals surface area contributed by atoms with Crippen LogP contribution in [0.25, 0.3) is 0 Å². The van der Waals surface area contributed by atoms with E-state index in [0.717, 1.165) is 0 Å². The van der Waals surface area contributed by atoms with E-state index in [-0.39, 0.29) is 17.0 Å². The molecule has 128 valence electrons. The van der Waals surface area contributed by atoms with Crippen LogP contribution >= 0.6 is 0 Å². The SMILES string of the molecule is CCCC[C@H](C(=O)O)N(C(=O)C(F)(F)F)c1ccc(OC)cc1. The van der Waals surface area contributed by atoms with Gasteiger partial charge in [0.05, 0.1) is 7.11 Å². The van der Waals surface area contributed by atoms with Crippen molar-refractivity contribution in [3.8, 4) is 5.75 Å². The Hall–Kier alpha value is -2.25. The first-order chi connectivity index (χ1) is 10.7. The molecule has 1 aromatic carbocycles. The number of carboxylic acid groups (broad SMARTS) is 1. The highest BCUT2D eigenvalue weighted by molar-refractivity contribution is 6.02. The van der Waals surface area contributed by atoms with Gasteiger partial charge in [0.2, 0.25) is 0 Å². The van der Waals surface area contributed by atoms with Gasteiger partial charge in [0, 0.05) is 5.69 Å². The van der Waals surface area contributed by atoms with Crippen molar-refractivity contribution in [2.45, 2.75) is 38.4 Å². The van der Waals surface area contributed by atoms with E-state index in [2.05, 4.69) is 0 Å². The molecular formula is C15H18F3NO4. The second-order valence-electron chi connectivity index (χ2n) is 4.87. The molecule has 0 saturated carbocycles. The summed E-state index contributed by atoms with van der Waals surface area (Å²) in [6.07, 6.45) is -4.26. The van der Waals surface area contributed by atoms with Gasteiger partial charge in [-0.3, -0.25) is 9.69 Å². The number of ether oxygens (including phenoxy) is 1. The van der Waals surface area contributed by atoms with Gasteiger partial charge >= 0.3 is 18.1 Å². The van der Waals surface area contributed by atoms with Crippen molar-refractivity contribution in [1.82, 2.24) is 0 Å². The Kier molecular flexibility index (Phi) is 6.41.